The minimum atomic E-state index is -0.193. The van der Waals surface area contributed by atoms with E-state index in [0.717, 1.165) is 36.9 Å². The van der Waals surface area contributed by atoms with Gasteiger partial charge in [-0.1, -0.05) is 30.3 Å². The van der Waals surface area contributed by atoms with E-state index in [1.807, 2.05) is 42.2 Å². The molecule has 0 aliphatic carbocycles. The first-order chi connectivity index (χ1) is 10.1. The summed E-state index contributed by atoms with van der Waals surface area (Å²) >= 11 is 0. The van der Waals surface area contributed by atoms with E-state index >= 15 is 0 Å². The van der Waals surface area contributed by atoms with Crippen LogP contribution in [0.3, 0.4) is 0 Å². The zero-order chi connectivity index (χ0) is 15.3. The number of carbonyl (C=O) groups is 1. The van der Waals surface area contributed by atoms with E-state index in [-0.39, 0.29) is 17.9 Å². The number of piperidine rings is 1. The van der Waals surface area contributed by atoms with E-state index in [9.17, 15) is 9.90 Å². The van der Waals surface area contributed by atoms with Crippen LogP contribution in [0.5, 0.6) is 0 Å². The molecule has 1 atom stereocenters. The molecule has 1 N–H and O–H groups in total. The third-order valence-corrected chi connectivity index (χ3v) is 4.53. The van der Waals surface area contributed by atoms with Gasteiger partial charge in [0.15, 0.2) is 0 Å². The second-order valence-electron chi connectivity index (χ2n) is 6.17. The molecule has 1 aromatic rings. The largest absolute Gasteiger partial charge is 0.396 e. The number of aryl methyl sites for hydroxylation is 1. The average Bonchev–Trinajstić information content (AvgIpc) is 2.50. The average molecular weight is 287 g/mol. The number of hydrogen-bond donors (Lipinski definition) is 1. The molecule has 0 aromatic heterocycles. The number of allylic oxidation sites excluding steroid dienone is 1. The lowest BCUT2D eigenvalue weighted by Crippen LogP contribution is -2.48. The number of aliphatic hydroxyl groups excluding tert-OH is 1. The van der Waals surface area contributed by atoms with Crippen molar-refractivity contribution in [2.75, 3.05) is 19.7 Å². The third-order valence-electron chi connectivity index (χ3n) is 4.53. The number of aliphatic hydroxyl groups is 1. The number of benzene rings is 1. The van der Waals surface area contributed by atoms with Crippen LogP contribution in [0, 0.1) is 12.3 Å². The molecule has 1 heterocycles. The Morgan fingerprint density at radius 1 is 1.48 bits per heavy atom. The standard InChI is InChI=1S/C18H25NO2/c1-3-9-18(14-20)10-6-11-19(13-18)17(21)12-16-8-5-4-7-15(16)2/h3-5,7-8,20H,1,6,9-14H2,2H3/t18-/m1/s1. The van der Waals surface area contributed by atoms with Crippen molar-refractivity contribution in [3.05, 3.63) is 48.0 Å². The number of rotatable bonds is 5. The van der Waals surface area contributed by atoms with E-state index in [1.54, 1.807) is 0 Å². The van der Waals surface area contributed by atoms with Gasteiger partial charge in [-0.3, -0.25) is 4.79 Å². The van der Waals surface area contributed by atoms with Crippen LogP contribution in [0.4, 0.5) is 0 Å². The predicted molar refractivity (Wildman–Crippen MR) is 85.0 cm³/mol. The maximum Gasteiger partial charge on any atom is 0.227 e. The molecule has 1 fully saturated rings. The molecular weight excluding hydrogens is 262 g/mol. The summed E-state index contributed by atoms with van der Waals surface area (Å²) in [6.07, 6.45) is 4.98. The zero-order valence-corrected chi connectivity index (χ0v) is 12.8. The highest BCUT2D eigenvalue weighted by molar-refractivity contribution is 5.79. The van der Waals surface area contributed by atoms with Gasteiger partial charge in [0, 0.05) is 18.5 Å². The molecule has 21 heavy (non-hydrogen) atoms. The van der Waals surface area contributed by atoms with Gasteiger partial charge in [0.25, 0.3) is 0 Å². The molecule has 1 amide bonds. The van der Waals surface area contributed by atoms with E-state index in [0.29, 0.717) is 13.0 Å². The van der Waals surface area contributed by atoms with Crippen LogP contribution < -0.4 is 0 Å². The number of likely N-dealkylation sites (tertiary alicyclic amines) is 1. The van der Waals surface area contributed by atoms with Crippen molar-refractivity contribution in [2.45, 2.75) is 32.6 Å². The Hall–Kier alpha value is -1.61. The Balaban J connectivity index is 2.05. The summed E-state index contributed by atoms with van der Waals surface area (Å²) in [5.74, 6) is 0.158. The summed E-state index contributed by atoms with van der Waals surface area (Å²) in [6.45, 7) is 7.37. The van der Waals surface area contributed by atoms with Gasteiger partial charge in [0.05, 0.1) is 13.0 Å². The van der Waals surface area contributed by atoms with Crippen LogP contribution in [-0.2, 0) is 11.2 Å². The molecular formula is C18H25NO2. The van der Waals surface area contributed by atoms with Gasteiger partial charge >= 0.3 is 0 Å². The topological polar surface area (TPSA) is 40.5 Å². The predicted octanol–water partition coefficient (Wildman–Crippen LogP) is 2.71. The Labute approximate surface area is 127 Å². The summed E-state index contributed by atoms with van der Waals surface area (Å²) in [7, 11) is 0. The molecule has 0 saturated carbocycles. The lowest BCUT2D eigenvalue weighted by molar-refractivity contribution is -0.134. The highest BCUT2D eigenvalue weighted by atomic mass is 16.3. The highest BCUT2D eigenvalue weighted by Gasteiger charge is 2.35. The normalized spacial score (nSPS) is 22.1. The van der Waals surface area contributed by atoms with Crippen LogP contribution in [-0.4, -0.2) is 35.6 Å². The van der Waals surface area contributed by atoms with Gasteiger partial charge in [-0.25, -0.2) is 0 Å². The van der Waals surface area contributed by atoms with Crippen molar-refractivity contribution in [1.29, 1.82) is 0 Å². The molecule has 114 valence electrons. The molecule has 2 rings (SSSR count). The summed E-state index contributed by atoms with van der Waals surface area (Å²) in [5, 5.41) is 9.72. The fraction of sp³-hybridized carbons (Fsp3) is 0.500. The zero-order valence-electron chi connectivity index (χ0n) is 12.8. The minimum Gasteiger partial charge on any atom is -0.396 e. The van der Waals surface area contributed by atoms with Gasteiger partial charge < -0.3 is 10.0 Å². The molecule has 0 radical (unpaired) electrons. The molecule has 1 saturated heterocycles. The number of nitrogens with zero attached hydrogens (tertiary/aromatic N) is 1. The quantitative estimate of drug-likeness (QED) is 0.846. The van der Waals surface area contributed by atoms with Crippen molar-refractivity contribution in [3.8, 4) is 0 Å². The molecule has 3 heteroatoms. The fourth-order valence-electron chi connectivity index (χ4n) is 3.17. The SMILES string of the molecule is C=CC[C@@]1(CO)CCCN(C(=O)Cc2ccccc2C)C1. The first-order valence-corrected chi connectivity index (χ1v) is 7.64. The summed E-state index contributed by atoms with van der Waals surface area (Å²) in [4.78, 5) is 14.5. The van der Waals surface area contributed by atoms with E-state index < -0.39 is 0 Å². The molecule has 1 aliphatic rings. The Morgan fingerprint density at radius 2 is 2.24 bits per heavy atom. The second kappa shape index (κ2) is 6.90. The van der Waals surface area contributed by atoms with Crippen molar-refractivity contribution in [1.82, 2.24) is 4.90 Å². The minimum absolute atomic E-state index is 0.118. The molecule has 3 nitrogen and oxygen atoms in total. The first kappa shape index (κ1) is 15.8. The van der Waals surface area contributed by atoms with Gasteiger partial charge in [0.2, 0.25) is 5.91 Å². The molecule has 1 aromatic carbocycles. The van der Waals surface area contributed by atoms with Crippen LogP contribution in [0.1, 0.15) is 30.4 Å². The Morgan fingerprint density at radius 3 is 2.90 bits per heavy atom. The van der Waals surface area contributed by atoms with Crippen LogP contribution in [0.25, 0.3) is 0 Å². The lowest BCUT2D eigenvalue weighted by Gasteiger charge is -2.41. The summed E-state index contributed by atoms with van der Waals surface area (Å²) in [6, 6.07) is 8.02. The molecule has 0 bridgehead atoms. The smallest absolute Gasteiger partial charge is 0.227 e. The van der Waals surface area contributed by atoms with Crippen LogP contribution in [0.15, 0.2) is 36.9 Å². The van der Waals surface area contributed by atoms with Gasteiger partial charge in [0.1, 0.15) is 0 Å². The van der Waals surface area contributed by atoms with E-state index in [4.69, 9.17) is 0 Å². The monoisotopic (exact) mass is 287 g/mol. The maximum atomic E-state index is 12.5. The van der Waals surface area contributed by atoms with E-state index in [1.165, 1.54) is 0 Å². The van der Waals surface area contributed by atoms with Crippen molar-refractivity contribution in [3.63, 3.8) is 0 Å². The molecule has 1 aliphatic heterocycles. The van der Waals surface area contributed by atoms with Crippen molar-refractivity contribution >= 4 is 5.91 Å². The Kier molecular flexibility index (Phi) is 5.18. The molecule has 0 unspecified atom stereocenters. The van der Waals surface area contributed by atoms with E-state index in [2.05, 4.69) is 6.58 Å². The van der Waals surface area contributed by atoms with Gasteiger partial charge in [-0.2, -0.15) is 0 Å². The summed E-state index contributed by atoms with van der Waals surface area (Å²) in [5.41, 5.74) is 2.05. The maximum absolute atomic E-state index is 12.5. The molecule has 0 spiro atoms. The van der Waals surface area contributed by atoms with Gasteiger partial charge in [-0.15, -0.1) is 6.58 Å². The second-order valence-corrected chi connectivity index (χ2v) is 6.17. The fourth-order valence-corrected chi connectivity index (χ4v) is 3.17. The summed E-state index contributed by atoms with van der Waals surface area (Å²) < 4.78 is 0. The van der Waals surface area contributed by atoms with Crippen LogP contribution in [0.2, 0.25) is 0 Å². The van der Waals surface area contributed by atoms with Crippen molar-refractivity contribution < 1.29 is 9.90 Å². The number of carbonyl (C=O) groups excluding carboxylic acids is 1. The van der Waals surface area contributed by atoms with Gasteiger partial charge in [-0.05, 0) is 37.3 Å². The third kappa shape index (κ3) is 3.73. The van der Waals surface area contributed by atoms with Crippen LogP contribution >= 0.6 is 0 Å². The number of amides is 1. The lowest BCUT2D eigenvalue weighted by atomic mass is 9.77. The number of hydrogen-bond acceptors (Lipinski definition) is 2. The van der Waals surface area contributed by atoms with Crippen molar-refractivity contribution in [2.24, 2.45) is 5.41 Å². The first-order valence-electron chi connectivity index (χ1n) is 7.64. The highest BCUT2D eigenvalue weighted by Crippen LogP contribution is 2.33. The Bertz CT molecular complexity index is 512.